The molecule has 0 radical (unpaired) electrons. The van der Waals surface area contributed by atoms with E-state index < -0.39 is 11.7 Å². The molecule has 1 saturated heterocycles. The lowest BCUT2D eigenvalue weighted by atomic mass is 10.1. The van der Waals surface area contributed by atoms with Crippen LogP contribution in [0.5, 0.6) is 0 Å². The Balaban J connectivity index is 1.91. The summed E-state index contributed by atoms with van der Waals surface area (Å²) in [6.07, 6.45) is -0.805. The van der Waals surface area contributed by atoms with Gasteiger partial charge in [-0.15, -0.1) is 0 Å². The fourth-order valence-corrected chi connectivity index (χ4v) is 2.81. The van der Waals surface area contributed by atoms with Crippen LogP contribution < -0.4 is 5.32 Å². The molecule has 0 spiro atoms. The first-order valence-corrected chi connectivity index (χ1v) is 7.61. The molecule has 0 bridgehead atoms. The molecule has 0 aliphatic carbocycles. The van der Waals surface area contributed by atoms with Crippen LogP contribution in [-0.4, -0.2) is 30.6 Å². The number of hydrogen-bond acceptors (Lipinski definition) is 2. The van der Waals surface area contributed by atoms with Crippen LogP contribution in [0.15, 0.2) is 24.3 Å². The molecule has 5 heteroatoms. The minimum atomic E-state index is -4.25. The predicted molar refractivity (Wildman–Crippen MR) is 78.0 cm³/mol. The Bertz CT molecular complexity index is 428. The average molecular weight is 300 g/mol. The molecule has 1 fully saturated rings. The van der Waals surface area contributed by atoms with E-state index in [1.54, 1.807) is 12.1 Å². The van der Waals surface area contributed by atoms with E-state index in [1.165, 1.54) is 18.6 Å². The molecule has 1 unspecified atom stereocenters. The summed E-state index contributed by atoms with van der Waals surface area (Å²) in [5, 5.41) is 3.43. The Morgan fingerprint density at radius 1 is 1.24 bits per heavy atom. The first-order valence-electron chi connectivity index (χ1n) is 7.61. The average Bonchev–Trinajstić information content (AvgIpc) is 2.86. The van der Waals surface area contributed by atoms with Gasteiger partial charge in [-0.2, -0.15) is 13.2 Å². The molecule has 0 aromatic heterocycles. The van der Waals surface area contributed by atoms with Gasteiger partial charge in [-0.25, -0.2) is 0 Å². The molecule has 2 rings (SSSR count). The van der Waals surface area contributed by atoms with E-state index in [2.05, 4.69) is 17.1 Å². The molecule has 118 valence electrons. The largest absolute Gasteiger partial charge is 0.416 e. The van der Waals surface area contributed by atoms with Gasteiger partial charge in [-0.05, 0) is 50.0 Å². The van der Waals surface area contributed by atoms with Crippen LogP contribution in [0.4, 0.5) is 13.2 Å². The monoisotopic (exact) mass is 300 g/mol. The van der Waals surface area contributed by atoms with E-state index >= 15 is 0 Å². The Kier molecular flexibility index (Phi) is 5.65. The topological polar surface area (TPSA) is 15.3 Å². The molecule has 1 atom stereocenters. The third-order valence-corrected chi connectivity index (χ3v) is 3.97. The zero-order chi connectivity index (χ0) is 15.3. The normalized spacial score (nSPS) is 20.1. The second-order valence-electron chi connectivity index (χ2n) is 5.67. The lowest BCUT2D eigenvalue weighted by Crippen LogP contribution is -2.37. The highest BCUT2D eigenvalue weighted by Gasteiger charge is 2.30. The van der Waals surface area contributed by atoms with Gasteiger partial charge in [-0.1, -0.05) is 19.1 Å². The van der Waals surface area contributed by atoms with Crippen LogP contribution in [0.25, 0.3) is 0 Å². The van der Waals surface area contributed by atoms with Crippen LogP contribution >= 0.6 is 0 Å². The van der Waals surface area contributed by atoms with Crippen LogP contribution in [0.3, 0.4) is 0 Å². The molecular weight excluding hydrogens is 277 g/mol. The van der Waals surface area contributed by atoms with Crippen molar-refractivity contribution in [3.63, 3.8) is 0 Å². The van der Waals surface area contributed by atoms with Crippen LogP contribution in [0.1, 0.15) is 37.3 Å². The van der Waals surface area contributed by atoms with Crippen molar-refractivity contribution in [1.82, 2.24) is 10.2 Å². The van der Waals surface area contributed by atoms with Crippen LogP contribution in [0.2, 0.25) is 0 Å². The predicted octanol–water partition coefficient (Wildman–Crippen LogP) is 3.67. The molecule has 1 aliphatic rings. The first-order chi connectivity index (χ1) is 10.0. The van der Waals surface area contributed by atoms with E-state index in [9.17, 15) is 13.2 Å². The molecule has 2 nitrogen and oxygen atoms in total. The second kappa shape index (κ2) is 7.27. The van der Waals surface area contributed by atoms with Crippen molar-refractivity contribution >= 4 is 0 Å². The number of hydrogen-bond donors (Lipinski definition) is 1. The molecule has 0 saturated carbocycles. The van der Waals surface area contributed by atoms with Gasteiger partial charge < -0.3 is 5.32 Å². The molecule has 21 heavy (non-hydrogen) atoms. The Morgan fingerprint density at radius 2 is 1.95 bits per heavy atom. The standard InChI is InChI=1S/C16H23F3N2/c1-2-9-20-11-15-4-3-10-21(15)12-13-5-7-14(8-6-13)16(17,18)19/h5-8,15,20H,2-4,9-12H2,1H3. The molecule has 0 amide bonds. The lowest BCUT2D eigenvalue weighted by Gasteiger charge is -2.25. The molecule has 1 heterocycles. The number of nitrogens with zero attached hydrogens (tertiary/aromatic N) is 1. The van der Waals surface area contributed by atoms with Gasteiger partial charge in [-0.3, -0.25) is 4.90 Å². The zero-order valence-electron chi connectivity index (χ0n) is 12.4. The fourth-order valence-electron chi connectivity index (χ4n) is 2.81. The quantitative estimate of drug-likeness (QED) is 0.806. The number of alkyl halides is 3. The maximum Gasteiger partial charge on any atom is 0.416 e. The number of rotatable bonds is 6. The minimum absolute atomic E-state index is 0.499. The van der Waals surface area contributed by atoms with Crippen molar-refractivity contribution < 1.29 is 13.2 Å². The van der Waals surface area contributed by atoms with E-state index in [-0.39, 0.29) is 0 Å². The highest BCUT2D eigenvalue weighted by molar-refractivity contribution is 5.24. The summed E-state index contributed by atoms with van der Waals surface area (Å²) in [5.41, 5.74) is 0.374. The minimum Gasteiger partial charge on any atom is -0.315 e. The smallest absolute Gasteiger partial charge is 0.315 e. The molecular formula is C16H23F3N2. The summed E-state index contributed by atoms with van der Waals surface area (Å²) in [7, 11) is 0. The van der Waals surface area contributed by atoms with E-state index in [0.29, 0.717) is 6.04 Å². The Labute approximate surface area is 124 Å². The van der Waals surface area contributed by atoms with Gasteiger partial charge in [0.2, 0.25) is 0 Å². The van der Waals surface area contributed by atoms with E-state index in [0.717, 1.165) is 44.6 Å². The summed E-state index contributed by atoms with van der Waals surface area (Å²) in [6, 6.07) is 6.04. The van der Waals surface area contributed by atoms with Crippen LogP contribution in [0, 0.1) is 0 Å². The van der Waals surface area contributed by atoms with E-state index in [1.807, 2.05) is 0 Å². The molecule has 1 aromatic carbocycles. The van der Waals surface area contributed by atoms with Gasteiger partial charge in [0, 0.05) is 19.1 Å². The third kappa shape index (κ3) is 4.71. The van der Waals surface area contributed by atoms with Crippen molar-refractivity contribution in [2.24, 2.45) is 0 Å². The van der Waals surface area contributed by atoms with Crippen molar-refractivity contribution in [2.75, 3.05) is 19.6 Å². The third-order valence-electron chi connectivity index (χ3n) is 3.97. The van der Waals surface area contributed by atoms with E-state index in [4.69, 9.17) is 0 Å². The van der Waals surface area contributed by atoms with Gasteiger partial charge in [0.05, 0.1) is 5.56 Å². The zero-order valence-corrected chi connectivity index (χ0v) is 12.4. The summed E-state index contributed by atoms with van der Waals surface area (Å²) < 4.78 is 37.6. The second-order valence-corrected chi connectivity index (χ2v) is 5.67. The first kappa shape index (κ1) is 16.3. The van der Waals surface area contributed by atoms with Gasteiger partial charge in [0.25, 0.3) is 0 Å². The number of nitrogens with one attached hydrogen (secondary N) is 1. The van der Waals surface area contributed by atoms with Crippen molar-refractivity contribution in [2.45, 2.75) is 44.9 Å². The summed E-state index contributed by atoms with van der Waals surface area (Å²) in [4.78, 5) is 2.37. The lowest BCUT2D eigenvalue weighted by molar-refractivity contribution is -0.137. The van der Waals surface area contributed by atoms with Crippen molar-refractivity contribution in [3.8, 4) is 0 Å². The number of benzene rings is 1. The molecule has 1 N–H and O–H groups in total. The highest BCUT2D eigenvalue weighted by atomic mass is 19.4. The van der Waals surface area contributed by atoms with Crippen molar-refractivity contribution in [1.29, 1.82) is 0 Å². The van der Waals surface area contributed by atoms with Gasteiger partial charge >= 0.3 is 6.18 Å². The maximum absolute atomic E-state index is 12.5. The highest BCUT2D eigenvalue weighted by Crippen LogP contribution is 2.29. The number of likely N-dealkylation sites (tertiary alicyclic amines) is 1. The molecule has 1 aromatic rings. The summed E-state index contributed by atoms with van der Waals surface area (Å²) >= 11 is 0. The van der Waals surface area contributed by atoms with Crippen molar-refractivity contribution in [3.05, 3.63) is 35.4 Å². The van der Waals surface area contributed by atoms with Gasteiger partial charge in [0.15, 0.2) is 0 Å². The fraction of sp³-hybridized carbons (Fsp3) is 0.625. The maximum atomic E-state index is 12.5. The SMILES string of the molecule is CCCNCC1CCCN1Cc1ccc(C(F)(F)F)cc1. The Hall–Kier alpha value is -1.07. The number of halogens is 3. The van der Waals surface area contributed by atoms with Crippen LogP contribution in [-0.2, 0) is 12.7 Å². The summed E-state index contributed by atoms with van der Waals surface area (Å²) in [5.74, 6) is 0. The van der Waals surface area contributed by atoms with Gasteiger partial charge in [0.1, 0.15) is 0 Å². The summed E-state index contributed by atoms with van der Waals surface area (Å²) in [6.45, 7) is 5.89. The Morgan fingerprint density at radius 3 is 2.57 bits per heavy atom. The molecule has 1 aliphatic heterocycles.